The number of carboxylic acid groups (broad SMARTS) is 1. The SMILES string of the molecule is Cc1cc(F)cc(C(=O)N(C)CCC(=O)O)c1. The summed E-state index contributed by atoms with van der Waals surface area (Å²) in [6.45, 7) is 1.79. The number of carbonyl (C=O) groups is 2. The van der Waals surface area contributed by atoms with Gasteiger partial charge in [-0.25, -0.2) is 4.39 Å². The van der Waals surface area contributed by atoms with E-state index in [9.17, 15) is 14.0 Å². The van der Waals surface area contributed by atoms with Crippen LogP contribution in [0.2, 0.25) is 0 Å². The van der Waals surface area contributed by atoms with Crippen molar-refractivity contribution in [3.8, 4) is 0 Å². The number of rotatable bonds is 4. The summed E-state index contributed by atoms with van der Waals surface area (Å²) < 4.78 is 13.1. The van der Waals surface area contributed by atoms with Gasteiger partial charge in [0.25, 0.3) is 5.91 Å². The van der Waals surface area contributed by atoms with Crippen LogP contribution in [0.5, 0.6) is 0 Å². The zero-order valence-electron chi connectivity index (χ0n) is 9.74. The molecule has 0 atom stereocenters. The fourth-order valence-electron chi connectivity index (χ4n) is 1.45. The van der Waals surface area contributed by atoms with Crippen molar-refractivity contribution < 1.29 is 19.1 Å². The van der Waals surface area contributed by atoms with Gasteiger partial charge in [0.05, 0.1) is 6.42 Å². The molecular formula is C12H14FNO3. The molecule has 0 spiro atoms. The molecule has 0 heterocycles. The van der Waals surface area contributed by atoms with E-state index in [1.165, 1.54) is 18.0 Å². The Morgan fingerprint density at radius 1 is 1.35 bits per heavy atom. The van der Waals surface area contributed by atoms with Gasteiger partial charge in [0.2, 0.25) is 0 Å². The van der Waals surface area contributed by atoms with Crippen molar-refractivity contribution in [2.45, 2.75) is 13.3 Å². The maximum Gasteiger partial charge on any atom is 0.305 e. The van der Waals surface area contributed by atoms with Crippen LogP contribution in [0.3, 0.4) is 0 Å². The van der Waals surface area contributed by atoms with E-state index in [4.69, 9.17) is 5.11 Å². The Morgan fingerprint density at radius 2 is 2.00 bits per heavy atom. The first kappa shape index (κ1) is 13.2. The summed E-state index contributed by atoms with van der Waals surface area (Å²) in [4.78, 5) is 23.5. The molecule has 0 unspecified atom stereocenters. The molecule has 0 aliphatic rings. The van der Waals surface area contributed by atoms with Crippen molar-refractivity contribution in [1.29, 1.82) is 0 Å². The van der Waals surface area contributed by atoms with E-state index in [-0.39, 0.29) is 24.4 Å². The second-order valence-electron chi connectivity index (χ2n) is 3.89. The van der Waals surface area contributed by atoms with Gasteiger partial charge in [-0.05, 0) is 30.7 Å². The molecule has 4 nitrogen and oxygen atoms in total. The molecule has 0 aliphatic heterocycles. The summed E-state index contributed by atoms with van der Waals surface area (Å²) >= 11 is 0. The van der Waals surface area contributed by atoms with E-state index >= 15 is 0 Å². The normalized spacial score (nSPS) is 10.1. The van der Waals surface area contributed by atoms with Gasteiger partial charge in [0.15, 0.2) is 0 Å². The van der Waals surface area contributed by atoms with Gasteiger partial charge in [-0.15, -0.1) is 0 Å². The number of aryl methyl sites for hydroxylation is 1. The molecular weight excluding hydrogens is 225 g/mol. The predicted molar refractivity (Wildman–Crippen MR) is 60.4 cm³/mol. The molecule has 1 aromatic rings. The summed E-state index contributed by atoms with van der Waals surface area (Å²) in [7, 11) is 1.49. The van der Waals surface area contributed by atoms with Gasteiger partial charge in [0.1, 0.15) is 5.82 Å². The van der Waals surface area contributed by atoms with E-state index in [2.05, 4.69) is 0 Å². The van der Waals surface area contributed by atoms with Crippen LogP contribution in [0.15, 0.2) is 18.2 Å². The van der Waals surface area contributed by atoms with Crippen LogP contribution in [0.1, 0.15) is 22.3 Å². The largest absolute Gasteiger partial charge is 0.481 e. The standard InChI is InChI=1S/C12H14FNO3/c1-8-5-9(7-10(13)6-8)12(17)14(2)4-3-11(15)16/h5-7H,3-4H2,1-2H3,(H,15,16). The zero-order valence-corrected chi connectivity index (χ0v) is 9.74. The third kappa shape index (κ3) is 3.86. The van der Waals surface area contributed by atoms with Gasteiger partial charge >= 0.3 is 5.97 Å². The first-order valence-corrected chi connectivity index (χ1v) is 5.14. The first-order valence-electron chi connectivity index (χ1n) is 5.14. The van der Waals surface area contributed by atoms with Gasteiger partial charge in [-0.3, -0.25) is 9.59 Å². The van der Waals surface area contributed by atoms with Crippen LogP contribution < -0.4 is 0 Å². The quantitative estimate of drug-likeness (QED) is 0.869. The summed E-state index contributed by atoms with van der Waals surface area (Å²) in [6, 6.07) is 4.04. The van der Waals surface area contributed by atoms with Crippen molar-refractivity contribution in [2.75, 3.05) is 13.6 Å². The fourth-order valence-corrected chi connectivity index (χ4v) is 1.45. The van der Waals surface area contributed by atoms with E-state index in [0.29, 0.717) is 5.56 Å². The van der Waals surface area contributed by atoms with Gasteiger partial charge < -0.3 is 10.0 Å². The molecule has 0 saturated heterocycles. The van der Waals surface area contributed by atoms with Crippen molar-refractivity contribution in [1.82, 2.24) is 4.90 Å². The smallest absolute Gasteiger partial charge is 0.305 e. The molecule has 1 aromatic carbocycles. The van der Waals surface area contributed by atoms with E-state index in [1.807, 2.05) is 0 Å². The van der Waals surface area contributed by atoms with E-state index < -0.39 is 11.8 Å². The maximum absolute atomic E-state index is 13.1. The van der Waals surface area contributed by atoms with E-state index in [0.717, 1.165) is 6.07 Å². The molecule has 0 aliphatic carbocycles. The molecule has 0 saturated carbocycles. The topological polar surface area (TPSA) is 57.6 Å². The van der Waals surface area contributed by atoms with Crippen LogP contribution in [-0.4, -0.2) is 35.5 Å². The van der Waals surface area contributed by atoms with Crippen LogP contribution in [-0.2, 0) is 4.79 Å². The first-order chi connectivity index (χ1) is 7.90. The van der Waals surface area contributed by atoms with Crippen LogP contribution >= 0.6 is 0 Å². The van der Waals surface area contributed by atoms with Crippen LogP contribution in [0.25, 0.3) is 0 Å². The number of carboxylic acids is 1. The minimum absolute atomic E-state index is 0.101. The molecule has 17 heavy (non-hydrogen) atoms. The molecule has 0 bridgehead atoms. The number of nitrogens with zero attached hydrogens (tertiary/aromatic N) is 1. The van der Waals surface area contributed by atoms with Crippen molar-refractivity contribution in [2.24, 2.45) is 0 Å². The average Bonchev–Trinajstić information content (AvgIpc) is 2.23. The Labute approximate surface area is 98.7 Å². The number of benzene rings is 1. The molecule has 0 radical (unpaired) electrons. The minimum Gasteiger partial charge on any atom is -0.481 e. The van der Waals surface area contributed by atoms with E-state index in [1.54, 1.807) is 13.0 Å². The third-order valence-corrected chi connectivity index (χ3v) is 2.30. The zero-order chi connectivity index (χ0) is 13.0. The highest BCUT2D eigenvalue weighted by molar-refractivity contribution is 5.94. The summed E-state index contributed by atoms with van der Waals surface area (Å²) in [5, 5.41) is 8.50. The number of amides is 1. The van der Waals surface area contributed by atoms with Crippen LogP contribution in [0, 0.1) is 12.7 Å². The maximum atomic E-state index is 13.1. The van der Waals surface area contributed by atoms with Crippen molar-refractivity contribution in [3.63, 3.8) is 0 Å². The predicted octanol–water partition coefficient (Wildman–Crippen LogP) is 1.68. The van der Waals surface area contributed by atoms with Gasteiger partial charge in [-0.1, -0.05) is 0 Å². The second kappa shape index (κ2) is 5.43. The summed E-state index contributed by atoms with van der Waals surface area (Å²) in [6.07, 6.45) is -0.128. The monoisotopic (exact) mass is 239 g/mol. The molecule has 5 heteroatoms. The van der Waals surface area contributed by atoms with Crippen molar-refractivity contribution >= 4 is 11.9 Å². The number of aliphatic carboxylic acids is 1. The fraction of sp³-hybridized carbons (Fsp3) is 0.333. The Morgan fingerprint density at radius 3 is 2.53 bits per heavy atom. The third-order valence-electron chi connectivity index (χ3n) is 2.30. The number of hydrogen-bond acceptors (Lipinski definition) is 2. The lowest BCUT2D eigenvalue weighted by Gasteiger charge is -2.16. The van der Waals surface area contributed by atoms with Gasteiger partial charge in [-0.2, -0.15) is 0 Å². The number of halogens is 1. The number of hydrogen-bond donors (Lipinski definition) is 1. The minimum atomic E-state index is -0.972. The highest BCUT2D eigenvalue weighted by Gasteiger charge is 2.13. The van der Waals surface area contributed by atoms with Gasteiger partial charge in [0, 0.05) is 19.2 Å². The molecule has 1 N–H and O–H groups in total. The highest BCUT2D eigenvalue weighted by Crippen LogP contribution is 2.10. The Balaban J connectivity index is 2.77. The molecule has 0 aromatic heterocycles. The molecule has 1 rings (SSSR count). The molecule has 92 valence electrons. The highest BCUT2D eigenvalue weighted by atomic mass is 19.1. The molecule has 1 amide bonds. The Bertz CT molecular complexity index is 425. The Hall–Kier alpha value is -1.91. The second-order valence-corrected chi connectivity index (χ2v) is 3.89. The molecule has 0 fully saturated rings. The Kier molecular flexibility index (Phi) is 4.20. The lowest BCUT2D eigenvalue weighted by molar-refractivity contribution is -0.137. The lowest BCUT2D eigenvalue weighted by Crippen LogP contribution is -2.29. The number of carbonyl (C=O) groups excluding carboxylic acids is 1. The van der Waals surface area contributed by atoms with Crippen molar-refractivity contribution in [3.05, 3.63) is 35.1 Å². The lowest BCUT2D eigenvalue weighted by atomic mass is 10.1. The average molecular weight is 239 g/mol. The van der Waals surface area contributed by atoms with Crippen LogP contribution in [0.4, 0.5) is 4.39 Å². The summed E-state index contributed by atoms with van der Waals surface area (Å²) in [5.74, 6) is -1.83. The summed E-state index contributed by atoms with van der Waals surface area (Å²) in [5.41, 5.74) is 0.885.